The van der Waals surface area contributed by atoms with Gasteiger partial charge in [-0.1, -0.05) is 0 Å². The maximum absolute atomic E-state index is 13.9. The van der Waals surface area contributed by atoms with Crippen molar-refractivity contribution in [1.82, 2.24) is 9.80 Å². The zero-order valence-corrected chi connectivity index (χ0v) is 16.3. The monoisotopic (exact) mass is 434 g/mol. The average molecular weight is 434 g/mol. The predicted octanol–water partition coefficient (Wildman–Crippen LogP) is 3.36. The molecular formula is C17H24F6N2O4. The fourth-order valence-electron chi connectivity index (χ4n) is 3.35. The molecule has 0 bridgehead atoms. The Hall–Kier alpha value is -1.72. The van der Waals surface area contributed by atoms with E-state index in [1.165, 1.54) is 0 Å². The molecule has 1 atom stereocenters. The molecule has 12 heteroatoms. The third-order valence-electron chi connectivity index (χ3n) is 4.94. The average Bonchev–Trinajstić information content (AvgIpc) is 2.58. The van der Waals surface area contributed by atoms with E-state index in [2.05, 4.69) is 4.74 Å². The molecule has 29 heavy (non-hydrogen) atoms. The van der Waals surface area contributed by atoms with E-state index in [-0.39, 0.29) is 6.54 Å². The molecule has 0 unspecified atom stereocenters. The standard InChI is InChI=1S/C17H24F6N2O4/c1-14(2,3)29-13(27)24-6-4-15(5-7-24,17(21,22)23)12(26)25-8-9-28-11(10-25)16(18,19)20/h11H,4-10H2,1-3H3/t11-/m1/s1. The van der Waals surface area contributed by atoms with Gasteiger partial charge in [-0.15, -0.1) is 0 Å². The molecule has 6 nitrogen and oxygen atoms in total. The molecule has 2 amide bonds. The highest BCUT2D eigenvalue weighted by Crippen LogP contribution is 2.48. The first-order valence-electron chi connectivity index (χ1n) is 9.09. The van der Waals surface area contributed by atoms with Crippen LogP contribution in [0.3, 0.4) is 0 Å². The number of hydrogen-bond acceptors (Lipinski definition) is 4. The lowest BCUT2D eigenvalue weighted by atomic mass is 9.76. The van der Waals surface area contributed by atoms with Gasteiger partial charge in [0.2, 0.25) is 5.91 Å². The summed E-state index contributed by atoms with van der Waals surface area (Å²) >= 11 is 0. The zero-order valence-electron chi connectivity index (χ0n) is 16.3. The Labute approximate surface area is 164 Å². The molecular weight excluding hydrogens is 410 g/mol. The van der Waals surface area contributed by atoms with Crippen molar-refractivity contribution in [3.63, 3.8) is 0 Å². The Morgan fingerprint density at radius 1 is 0.966 bits per heavy atom. The predicted molar refractivity (Wildman–Crippen MR) is 87.9 cm³/mol. The molecule has 0 aromatic rings. The minimum absolute atomic E-state index is 0.362. The second-order valence-corrected chi connectivity index (χ2v) is 8.20. The number of hydrogen-bond donors (Lipinski definition) is 0. The van der Waals surface area contributed by atoms with Gasteiger partial charge in [-0.3, -0.25) is 4.79 Å². The van der Waals surface area contributed by atoms with Gasteiger partial charge in [-0.2, -0.15) is 26.3 Å². The molecule has 2 rings (SSSR count). The van der Waals surface area contributed by atoms with Crippen molar-refractivity contribution in [1.29, 1.82) is 0 Å². The number of morpholine rings is 1. The van der Waals surface area contributed by atoms with Crippen LogP contribution in [0.25, 0.3) is 0 Å². The molecule has 168 valence electrons. The largest absolute Gasteiger partial charge is 0.444 e. The summed E-state index contributed by atoms with van der Waals surface area (Å²) in [5, 5.41) is 0. The maximum atomic E-state index is 13.9. The topological polar surface area (TPSA) is 59.1 Å². The third-order valence-corrected chi connectivity index (χ3v) is 4.94. The fourth-order valence-corrected chi connectivity index (χ4v) is 3.35. The summed E-state index contributed by atoms with van der Waals surface area (Å²) in [5.41, 5.74) is -3.69. The highest BCUT2D eigenvalue weighted by atomic mass is 19.4. The molecule has 2 saturated heterocycles. The lowest BCUT2D eigenvalue weighted by molar-refractivity contribution is -0.252. The van der Waals surface area contributed by atoms with Crippen molar-refractivity contribution < 1.29 is 45.4 Å². The quantitative estimate of drug-likeness (QED) is 0.594. The number of amides is 2. The second kappa shape index (κ2) is 7.84. The summed E-state index contributed by atoms with van der Waals surface area (Å²) in [6.07, 6.45) is -14.4. The van der Waals surface area contributed by atoms with Crippen LogP contribution in [0, 0.1) is 5.41 Å². The number of ether oxygens (including phenoxy) is 2. The van der Waals surface area contributed by atoms with Crippen molar-refractivity contribution in [3.05, 3.63) is 0 Å². The van der Waals surface area contributed by atoms with Crippen LogP contribution in [0.15, 0.2) is 0 Å². The Balaban J connectivity index is 2.16. The van der Waals surface area contributed by atoms with E-state index in [1.807, 2.05) is 0 Å². The number of halogens is 6. The van der Waals surface area contributed by atoms with Crippen LogP contribution in [0.4, 0.5) is 31.1 Å². The van der Waals surface area contributed by atoms with Crippen LogP contribution >= 0.6 is 0 Å². The SMILES string of the molecule is CC(C)(C)OC(=O)N1CCC(C(=O)N2CCO[C@@H](C(F)(F)F)C2)(C(F)(F)F)CC1. The van der Waals surface area contributed by atoms with Gasteiger partial charge >= 0.3 is 18.4 Å². The highest BCUT2D eigenvalue weighted by molar-refractivity contribution is 5.84. The van der Waals surface area contributed by atoms with Crippen molar-refractivity contribution in [2.24, 2.45) is 5.41 Å². The number of carbonyl (C=O) groups excluding carboxylic acids is 2. The van der Waals surface area contributed by atoms with Crippen LogP contribution in [0.2, 0.25) is 0 Å². The lowest BCUT2D eigenvalue weighted by Crippen LogP contribution is -2.61. The smallest absolute Gasteiger partial charge is 0.416 e. The molecule has 0 aromatic carbocycles. The van der Waals surface area contributed by atoms with Crippen molar-refractivity contribution >= 4 is 12.0 Å². The Kier molecular flexibility index (Phi) is 6.37. The number of piperidine rings is 1. The van der Waals surface area contributed by atoms with E-state index in [4.69, 9.17) is 4.74 Å². The lowest BCUT2D eigenvalue weighted by Gasteiger charge is -2.45. The summed E-state index contributed by atoms with van der Waals surface area (Å²) < 4.78 is 90.0. The third kappa shape index (κ3) is 5.26. The van der Waals surface area contributed by atoms with Crippen LogP contribution in [-0.4, -0.2) is 78.6 Å². The van der Waals surface area contributed by atoms with Crippen LogP contribution in [0.5, 0.6) is 0 Å². The van der Waals surface area contributed by atoms with E-state index in [0.29, 0.717) is 4.90 Å². The van der Waals surface area contributed by atoms with Crippen molar-refractivity contribution in [2.75, 3.05) is 32.8 Å². The van der Waals surface area contributed by atoms with E-state index in [0.717, 1.165) is 4.90 Å². The molecule has 0 radical (unpaired) electrons. The molecule has 2 aliphatic rings. The molecule has 2 heterocycles. The molecule has 0 aliphatic carbocycles. The van der Waals surface area contributed by atoms with Gasteiger partial charge in [-0.05, 0) is 33.6 Å². The number of carbonyl (C=O) groups is 2. The normalized spacial score (nSPS) is 23.7. The van der Waals surface area contributed by atoms with E-state index >= 15 is 0 Å². The van der Waals surface area contributed by atoms with E-state index < -0.39 is 80.6 Å². The fraction of sp³-hybridized carbons (Fsp3) is 0.882. The van der Waals surface area contributed by atoms with E-state index in [1.54, 1.807) is 20.8 Å². The molecule has 0 spiro atoms. The minimum atomic E-state index is -4.98. The minimum Gasteiger partial charge on any atom is -0.444 e. The first-order chi connectivity index (χ1) is 13.1. The molecule has 2 aliphatic heterocycles. The Morgan fingerprint density at radius 3 is 1.97 bits per heavy atom. The summed E-state index contributed by atoms with van der Waals surface area (Å²) in [5.74, 6) is -1.41. The molecule has 0 N–H and O–H groups in total. The molecule has 0 aromatic heterocycles. The Bertz CT molecular complexity index is 621. The summed E-state index contributed by atoms with van der Waals surface area (Å²) in [4.78, 5) is 26.5. The van der Waals surface area contributed by atoms with Crippen LogP contribution in [0.1, 0.15) is 33.6 Å². The number of alkyl halides is 6. The Morgan fingerprint density at radius 2 is 1.52 bits per heavy atom. The number of rotatable bonds is 1. The number of likely N-dealkylation sites (tertiary alicyclic amines) is 1. The zero-order chi connectivity index (χ0) is 22.3. The van der Waals surface area contributed by atoms with Gasteiger partial charge in [0.15, 0.2) is 6.10 Å². The van der Waals surface area contributed by atoms with Gasteiger partial charge < -0.3 is 19.3 Å². The first-order valence-corrected chi connectivity index (χ1v) is 9.09. The summed E-state index contributed by atoms with van der Waals surface area (Å²) in [6.45, 7) is 2.17. The summed E-state index contributed by atoms with van der Waals surface area (Å²) in [7, 11) is 0. The number of nitrogens with zero attached hydrogens (tertiary/aromatic N) is 2. The summed E-state index contributed by atoms with van der Waals surface area (Å²) in [6, 6.07) is 0. The maximum Gasteiger partial charge on any atom is 0.416 e. The van der Waals surface area contributed by atoms with E-state index in [9.17, 15) is 35.9 Å². The van der Waals surface area contributed by atoms with Crippen molar-refractivity contribution in [2.45, 2.75) is 57.7 Å². The highest BCUT2D eigenvalue weighted by Gasteiger charge is 2.63. The van der Waals surface area contributed by atoms with Crippen LogP contribution < -0.4 is 0 Å². The first kappa shape index (κ1) is 23.6. The van der Waals surface area contributed by atoms with Gasteiger partial charge in [0.05, 0.1) is 13.2 Å². The van der Waals surface area contributed by atoms with Crippen LogP contribution in [-0.2, 0) is 14.3 Å². The molecule has 2 fully saturated rings. The van der Waals surface area contributed by atoms with Crippen molar-refractivity contribution in [3.8, 4) is 0 Å². The van der Waals surface area contributed by atoms with Gasteiger partial charge in [-0.25, -0.2) is 4.79 Å². The second-order valence-electron chi connectivity index (χ2n) is 8.20. The van der Waals surface area contributed by atoms with Gasteiger partial charge in [0.25, 0.3) is 0 Å². The van der Waals surface area contributed by atoms with Gasteiger partial charge in [0, 0.05) is 19.6 Å². The van der Waals surface area contributed by atoms with Gasteiger partial charge in [0.1, 0.15) is 11.0 Å². The molecule has 0 saturated carbocycles.